The van der Waals surface area contributed by atoms with Gasteiger partial charge in [-0.05, 0) is 6.07 Å². The van der Waals surface area contributed by atoms with E-state index in [-0.39, 0.29) is 5.02 Å². The van der Waals surface area contributed by atoms with Crippen LogP contribution in [-0.4, -0.2) is 10.9 Å². The van der Waals surface area contributed by atoms with Gasteiger partial charge < -0.3 is 5.73 Å². The Kier molecular flexibility index (Phi) is 2.95. The van der Waals surface area contributed by atoms with Gasteiger partial charge in [0.2, 0.25) is 0 Å². The molecular formula is C7H4ClF3N2O. The van der Waals surface area contributed by atoms with Gasteiger partial charge in [0.1, 0.15) is 11.4 Å². The summed E-state index contributed by atoms with van der Waals surface area (Å²) in [5.41, 5.74) is 3.08. The highest BCUT2D eigenvalue weighted by Crippen LogP contribution is 2.24. The van der Waals surface area contributed by atoms with E-state index in [1.807, 2.05) is 0 Å². The van der Waals surface area contributed by atoms with E-state index in [0.29, 0.717) is 6.07 Å². The van der Waals surface area contributed by atoms with Crippen molar-refractivity contribution in [2.45, 2.75) is 6.43 Å². The molecule has 76 valence electrons. The first-order valence-corrected chi connectivity index (χ1v) is 3.75. The van der Waals surface area contributed by atoms with Crippen LogP contribution in [0.3, 0.4) is 0 Å². The van der Waals surface area contributed by atoms with E-state index < -0.39 is 29.5 Å². The first-order valence-electron chi connectivity index (χ1n) is 3.37. The summed E-state index contributed by atoms with van der Waals surface area (Å²) in [7, 11) is 0. The maximum atomic E-state index is 12.8. The number of amides is 1. The summed E-state index contributed by atoms with van der Waals surface area (Å²) in [6.07, 6.45) is -3.12. The van der Waals surface area contributed by atoms with E-state index in [9.17, 15) is 18.0 Å². The standard InChI is InChI=1S/C7H4ClF3N2O/c8-2-1-3(9)5(6(10)11)13-4(2)7(12)14/h1,6H,(H2,12,14). The molecule has 0 bridgehead atoms. The van der Waals surface area contributed by atoms with Crippen LogP contribution in [0.5, 0.6) is 0 Å². The zero-order valence-electron chi connectivity index (χ0n) is 6.60. The predicted octanol–water partition coefficient (Wildman–Crippen LogP) is 1.91. The van der Waals surface area contributed by atoms with Crippen LogP contribution in [0.15, 0.2) is 6.07 Å². The highest BCUT2D eigenvalue weighted by molar-refractivity contribution is 6.33. The van der Waals surface area contributed by atoms with Gasteiger partial charge in [-0.3, -0.25) is 4.79 Å². The first-order chi connectivity index (χ1) is 6.43. The summed E-state index contributed by atoms with van der Waals surface area (Å²) in [5.74, 6) is -2.35. The minimum Gasteiger partial charge on any atom is -0.364 e. The number of hydrogen-bond donors (Lipinski definition) is 1. The van der Waals surface area contributed by atoms with E-state index in [1.54, 1.807) is 0 Å². The maximum Gasteiger partial charge on any atom is 0.283 e. The van der Waals surface area contributed by atoms with Crippen molar-refractivity contribution >= 4 is 17.5 Å². The van der Waals surface area contributed by atoms with E-state index in [4.69, 9.17) is 17.3 Å². The number of alkyl halides is 2. The normalized spacial score (nSPS) is 10.6. The number of primary amides is 1. The van der Waals surface area contributed by atoms with Crippen molar-refractivity contribution in [3.8, 4) is 0 Å². The second-order valence-electron chi connectivity index (χ2n) is 2.35. The number of carbonyl (C=O) groups is 1. The molecule has 0 spiro atoms. The van der Waals surface area contributed by atoms with Crippen molar-refractivity contribution in [2.75, 3.05) is 0 Å². The van der Waals surface area contributed by atoms with Gasteiger partial charge in [0, 0.05) is 0 Å². The van der Waals surface area contributed by atoms with Gasteiger partial charge in [0.05, 0.1) is 5.02 Å². The average Bonchev–Trinajstić information content (AvgIpc) is 2.02. The smallest absolute Gasteiger partial charge is 0.283 e. The van der Waals surface area contributed by atoms with Crippen molar-refractivity contribution in [2.24, 2.45) is 5.73 Å². The number of pyridine rings is 1. The van der Waals surface area contributed by atoms with Gasteiger partial charge in [-0.2, -0.15) is 0 Å². The molecule has 0 saturated carbocycles. The van der Waals surface area contributed by atoms with Crippen LogP contribution in [0.25, 0.3) is 0 Å². The molecule has 1 heterocycles. The quantitative estimate of drug-likeness (QED) is 0.834. The average molecular weight is 225 g/mol. The Bertz CT molecular complexity index is 383. The fraction of sp³-hybridized carbons (Fsp3) is 0.143. The van der Waals surface area contributed by atoms with Crippen LogP contribution in [0, 0.1) is 5.82 Å². The molecule has 0 fully saturated rings. The Morgan fingerprint density at radius 3 is 2.57 bits per heavy atom. The number of carbonyl (C=O) groups excluding carboxylic acids is 1. The molecule has 0 unspecified atom stereocenters. The molecule has 0 aliphatic carbocycles. The van der Waals surface area contributed by atoms with Gasteiger partial charge in [-0.1, -0.05) is 11.6 Å². The lowest BCUT2D eigenvalue weighted by atomic mass is 10.3. The Hall–Kier alpha value is -1.30. The number of rotatable bonds is 2. The van der Waals surface area contributed by atoms with Crippen LogP contribution in [-0.2, 0) is 0 Å². The summed E-state index contributed by atoms with van der Waals surface area (Å²) in [6.45, 7) is 0. The molecule has 1 amide bonds. The lowest BCUT2D eigenvalue weighted by molar-refractivity contribution is 0.0993. The largest absolute Gasteiger partial charge is 0.364 e. The van der Waals surface area contributed by atoms with Crippen molar-refractivity contribution in [1.82, 2.24) is 4.98 Å². The Labute approximate surface area is 81.7 Å². The Morgan fingerprint density at radius 2 is 2.14 bits per heavy atom. The van der Waals surface area contributed by atoms with Crippen LogP contribution < -0.4 is 5.73 Å². The zero-order chi connectivity index (χ0) is 10.9. The SMILES string of the molecule is NC(=O)c1nc(C(F)F)c(F)cc1Cl. The van der Waals surface area contributed by atoms with Crippen molar-refractivity contribution in [3.05, 3.63) is 28.3 Å². The molecule has 1 aromatic heterocycles. The highest BCUT2D eigenvalue weighted by atomic mass is 35.5. The topological polar surface area (TPSA) is 56.0 Å². The monoisotopic (exact) mass is 224 g/mol. The third kappa shape index (κ3) is 1.95. The molecule has 3 nitrogen and oxygen atoms in total. The molecule has 2 N–H and O–H groups in total. The van der Waals surface area contributed by atoms with Crippen LogP contribution in [0.4, 0.5) is 13.2 Å². The van der Waals surface area contributed by atoms with Crippen LogP contribution in [0.2, 0.25) is 5.02 Å². The molecule has 0 atom stereocenters. The summed E-state index contributed by atoms with van der Waals surface area (Å²) in [4.78, 5) is 13.7. The number of aromatic nitrogens is 1. The van der Waals surface area contributed by atoms with Gasteiger partial charge in [-0.25, -0.2) is 18.2 Å². The van der Waals surface area contributed by atoms with E-state index >= 15 is 0 Å². The molecule has 7 heteroatoms. The predicted molar refractivity (Wildman–Crippen MR) is 42.7 cm³/mol. The lowest BCUT2D eigenvalue weighted by Gasteiger charge is -2.04. The van der Waals surface area contributed by atoms with E-state index in [0.717, 1.165) is 0 Å². The molecule has 1 aromatic rings. The van der Waals surface area contributed by atoms with Gasteiger partial charge in [-0.15, -0.1) is 0 Å². The van der Waals surface area contributed by atoms with E-state index in [1.165, 1.54) is 0 Å². The number of hydrogen-bond acceptors (Lipinski definition) is 2. The van der Waals surface area contributed by atoms with Crippen LogP contribution in [0.1, 0.15) is 22.6 Å². The van der Waals surface area contributed by atoms with Gasteiger partial charge in [0.25, 0.3) is 12.3 Å². The number of halogens is 4. The van der Waals surface area contributed by atoms with Crippen molar-refractivity contribution in [1.29, 1.82) is 0 Å². The first kappa shape index (κ1) is 10.8. The molecule has 0 aromatic carbocycles. The van der Waals surface area contributed by atoms with Gasteiger partial charge in [0.15, 0.2) is 5.82 Å². The third-order valence-corrected chi connectivity index (χ3v) is 1.68. The highest BCUT2D eigenvalue weighted by Gasteiger charge is 2.20. The van der Waals surface area contributed by atoms with E-state index in [2.05, 4.69) is 4.98 Å². The minimum atomic E-state index is -3.12. The molecular weight excluding hydrogens is 221 g/mol. The van der Waals surface area contributed by atoms with Crippen molar-refractivity contribution in [3.63, 3.8) is 0 Å². The molecule has 0 radical (unpaired) electrons. The van der Waals surface area contributed by atoms with Gasteiger partial charge >= 0.3 is 0 Å². The lowest BCUT2D eigenvalue weighted by Crippen LogP contribution is -2.15. The summed E-state index contributed by atoms with van der Waals surface area (Å²) < 4.78 is 37.0. The van der Waals surface area contributed by atoms with Crippen LogP contribution >= 0.6 is 11.6 Å². The third-order valence-electron chi connectivity index (χ3n) is 1.40. The second-order valence-corrected chi connectivity index (χ2v) is 2.76. The summed E-state index contributed by atoms with van der Waals surface area (Å²) >= 11 is 5.35. The summed E-state index contributed by atoms with van der Waals surface area (Å²) in [5, 5.41) is -0.389. The molecule has 0 aliphatic rings. The molecule has 0 saturated heterocycles. The minimum absolute atomic E-state index is 0.389. The molecule has 0 aliphatic heterocycles. The molecule has 1 rings (SSSR count). The number of nitrogens with two attached hydrogens (primary N) is 1. The Morgan fingerprint density at radius 1 is 1.57 bits per heavy atom. The van der Waals surface area contributed by atoms with Crippen molar-refractivity contribution < 1.29 is 18.0 Å². The number of nitrogens with zero attached hydrogens (tertiary/aromatic N) is 1. The fourth-order valence-corrected chi connectivity index (χ4v) is 1.04. The fourth-order valence-electron chi connectivity index (χ4n) is 0.807. The maximum absolute atomic E-state index is 12.8. The summed E-state index contributed by atoms with van der Waals surface area (Å²) in [6, 6.07) is 0.580. The second kappa shape index (κ2) is 3.83. The molecule has 14 heavy (non-hydrogen) atoms. The Balaban J connectivity index is 3.34. The zero-order valence-corrected chi connectivity index (χ0v) is 7.36.